The molecule has 0 N–H and O–H groups in total. The van der Waals surface area contributed by atoms with Crippen LogP contribution < -0.4 is 0 Å². The summed E-state index contributed by atoms with van der Waals surface area (Å²) in [6.45, 7) is 3.96. The van der Waals surface area contributed by atoms with Gasteiger partial charge in [0, 0.05) is 0 Å². The Morgan fingerprint density at radius 1 is 1.13 bits per heavy atom. The molecule has 2 atom stereocenters. The Morgan fingerprint density at radius 3 is 2.48 bits per heavy atom. The minimum Gasteiger partial charge on any atom is -0.457 e. The number of nitrogens with zero attached hydrogens (tertiary/aromatic N) is 2. The number of esters is 1. The summed E-state index contributed by atoms with van der Waals surface area (Å²) in [4.78, 5) is 32.4. The second-order valence-electron chi connectivity index (χ2n) is 7.39. The van der Waals surface area contributed by atoms with Gasteiger partial charge in [0.2, 0.25) is 5.91 Å². The highest BCUT2D eigenvalue weighted by atomic mass is 32.2. The summed E-state index contributed by atoms with van der Waals surface area (Å²) in [6, 6.07) is 18.8. The van der Waals surface area contributed by atoms with Crippen molar-refractivity contribution in [3.63, 3.8) is 0 Å². The number of carbonyl (C=O) groups is 2. The van der Waals surface area contributed by atoms with Crippen LogP contribution in [-0.4, -0.2) is 33.2 Å². The van der Waals surface area contributed by atoms with Gasteiger partial charge >= 0.3 is 5.97 Å². The van der Waals surface area contributed by atoms with Crippen LogP contribution in [0.4, 0.5) is 0 Å². The van der Waals surface area contributed by atoms with Crippen molar-refractivity contribution in [3.05, 3.63) is 89.1 Å². The Morgan fingerprint density at radius 2 is 1.81 bits per heavy atom. The number of ether oxygens (including phenoxy) is 1. The molecule has 2 aromatic carbocycles. The summed E-state index contributed by atoms with van der Waals surface area (Å²) in [6.07, 6.45) is 4.53. The molecule has 1 saturated heterocycles. The topological polar surface area (TPSA) is 59.0 Å². The molecule has 2 heterocycles. The molecule has 0 radical (unpaired) electrons. The number of allylic oxidation sites excluding steroid dienone is 1. The van der Waals surface area contributed by atoms with Crippen LogP contribution in [0.5, 0.6) is 0 Å². The molecule has 1 amide bonds. The van der Waals surface area contributed by atoms with E-state index in [0.29, 0.717) is 22.9 Å². The van der Waals surface area contributed by atoms with Crippen molar-refractivity contribution in [2.24, 2.45) is 4.99 Å². The molecule has 1 fully saturated rings. The van der Waals surface area contributed by atoms with Crippen molar-refractivity contribution < 1.29 is 14.3 Å². The number of benzene rings is 2. The van der Waals surface area contributed by atoms with Gasteiger partial charge in [-0.3, -0.25) is 9.69 Å². The maximum Gasteiger partial charge on any atom is 0.338 e. The second-order valence-corrected chi connectivity index (χ2v) is 8.56. The van der Waals surface area contributed by atoms with Crippen molar-refractivity contribution >= 4 is 34.9 Å². The zero-order valence-electron chi connectivity index (χ0n) is 17.5. The summed E-state index contributed by atoms with van der Waals surface area (Å²) in [5, 5.41) is 0.468. The minimum atomic E-state index is -0.549. The molecule has 158 valence electrons. The Balaban J connectivity index is 1.65. The monoisotopic (exact) mass is 432 g/mol. The van der Waals surface area contributed by atoms with Gasteiger partial charge in [-0.1, -0.05) is 91.5 Å². The molecule has 31 heavy (non-hydrogen) atoms. The Hall–Kier alpha value is -3.12. The quantitative estimate of drug-likeness (QED) is 0.615. The van der Waals surface area contributed by atoms with Gasteiger partial charge in [0.05, 0.1) is 22.6 Å². The highest BCUT2D eigenvalue weighted by molar-refractivity contribution is 8.15. The average Bonchev–Trinajstić information content (AvgIpc) is 3.12. The highest BCUT2D eigenvalue weighted by Gasteiger charge is 2.45. The number of hydrogen-bond acceptors (Lipinski definition) is 5. The molecule has 5 nitrogen and oxygen atoms in total. The summed E-state index contributed by atoms with van der Waals surface area (Å²) in [5.41, 5.74) is 2.89. The standard InChI is InChI=1S/C25H24N2O3S/c1-3-21-23(28)27-20(15-14-18-10-6-4-7-11-18)22(17(2)26-25(27)31-21)24(29)30-16-19-12-8-5-9-13-19/h4-15,20-21H,3,16H2,1-2H3. The largest absolute Gasteiger partial charge is 0.457 e. The summed E-state index contributed by atoms with van der Waals surface area (Å²) >= 11 is 1.46. The van der Waals surface area contributed by atoms with Gasteiger partial charge in [0.15, 0.2) is 5.17 Å². The lowest BCUT2D eigenvalue weighted by atomic mass is 10.00. The molecule has 0 spiro atoms. The fourth-order valence-corrected chi connectivity index (χ4v) is 4.79. The van der Waals surface area contributed by atoms with Crippen molar-refractivity contribution in [3.8, 4) is 0 Å². The molecule has 2 unspecified atom stereocenters. The third-order valence-electron chi connectivity index (χ3n) is 5.27. The number of amides is 1. The molecule has 0 aromatic heterocycles. The maximum atomic E-state index is 13.1. The molecule has 2 aliphatic heterocycles. The fraction of sp³-hybridized carbons (Fsp3) is 0.240. The van der Waals surface area contributed by atoms with Crippen LogP contribution in [0.1, 0.15) is 31.4 Å². The summed E-state index contributed by atoms with van der Waals surface area (Å²) < 4.78 is 5.61. The van der Waals surface area contributed by atoms with E-state index in [1.54, 1.807) is 11.8 Å². The molecule has 4 rings (SSSR count). The van der Waals surface area contributed by atoms with E-state index in [0.717, 1.165) is 11.1 Å². The van der Waals surface area contributed by atoms with Crippen molar-refractivity contribution in [1.82, 2.24) is 4.90 Å². The van der Waals surface area contributed by atoms with Gasteiger partial charge in [-0.2, -0.15) is 0 Å². The normalized spacial score (nSPS) is 20.8. The van der Waals surface area contributed by atoms with Gasteiger partial charge in [-0.15, -0.1) is 0 Å². The molecule has 2 aliphatic rings. The van der Waals surface area contributed by atoms with Crippen LogP contribution in [0.25, 0.3) is 6.08 Å². The van der Waals surface area contributed by atoms with E-state index in [-0.39, 0.29) is 17.8 Å². The first-order valence-corrected chi connectivity index (χ1v) is 11.2. The van der Waals surface area contributed by atoms with E-state index in [1.165, 1.54) is 11.8 Å². The number of amidine groups is 1. The highest BCUT2D eigenvalue weighted by Crippen LogP contribution is 2.38. The Labute approximate surface area is 186 Å². The second kappa shape index (κ2) is 9.35. The zero-order valence-corrected chi connectivity index (χ0v) is 18.3. The van der Waals surface area contributed by atoms with Crippen molar-refractivity contribution in [1.29, 1.82) is 0 Å². The van der Waals surface area contributed by atoms with Gasteiger partial charge < -0.3 is 4.74 Å². The van der Waals surface area contributed by atoms with Crippen molar-refractivity contribution in [2.75, 3.05) is 0 Å². The molecule has 0 aliphatic carbocycles. The molecular weight excluding hydrogens is 408 g/mol. The number of fused-ring (bicyclic) bond motifs is 1. The Bertz CT molecular complexity index is 1060. The predicted molar refractivity (Wildman–Crippen MR) is 124 cm³/mol. The number of hydrogen-bond donors (Lipinski definition) is 0. The van der Waals surface area contributed by atoms with Crippen LogP contribution in [0.3, 0.4) is 0 Å². The van der Waals surface area contributed by atoms with E-state index < -0.39 is 12.0 Å². The van der Waals surface area contributed by atoms with Gasteiger partial charge in [-0.25, -0.2) is 9.79 Å². The van der Waals surface area contributed by atoms with Crippen LogP contribution in [0.15, 0.2) is 83.0 Å². The lowest BCUT2D eigenvalue weighted by Gasteiger charge is -2.30. The fourth-order valence-electron chi connectivity index (χ4n) is 3.64. The van der Waals surface area contributed by atoms with E-state index in [9.17, 15) is 9.59 Å². The SMILES string of the molecule is CCC1SC2=NC(C)=C(C(=O)OCc3ccccc3)C(C=Cc3ccccc3)N2C1=O. The lowest BCUT2D eigenvalue weighted by molar-refractivity contribution is -0.141. The molecule has 2 aromatic rings. The minimum absolute atomic E-state index is 0.0187. The molecule has 6 heteroatoms. The third kappa shape index (κ3) is 4.49. The first-order valence-electron chi connectivity index (χ1n) is 10.3. The first kappa shape index (κ1) is 21.1. The summed E-state index contributed by atoms with van der Waals surface area (Å²) in [7, 11) is 0. The van der Waals surface area contributed by atoms with Gasteiger partial charge in [0.25, 0.3) is 0 Å². The van der Waals surface area contributed by atoms with Crippen LogP contribution in [0.2, 0.25) is 0 Å². The number of rotatable bonds is 6. The average molecular weight is 433 g/mol. The lowest BCUT2D eigenvalue weighted by Crippen LogP contribution is -2.45. The van der Waals surface area contributed by atoms with Crippen LogP contribution >= 0.6 is 11.8 Å². The maximum absolute atomic E-state index is 13.1. The number of carbonyl (C=O) groups excluding carboxylic acids is 2. The van der Waals surface area contributed by atoms with Crippen LogP contribution in [0, 0.1) is 0 Å². The number of aliphatic imine (C=N–C) groups is 1. The van der Waals surface area contributed by atoms with Crippen molar-refractivity contribution in [2.45, 2.75) is 38.2 Å². The van der Waals surface area contributed by atoms with E-state index in [2.05, 4.69) is 4.99 Å². The Kier molecular flexibility index (Phi) is 6.37. The molecule has 0 bridgehead atoms. The predicted octanol–water partition coefficient (Wildman–Crippen LogP) is 4.81. The zero-order chi connectivity index (χ0) is 21.8. The number of thioether (sulfide) groups is 1. The van der Waals surface area contributed by atoms with Gasteiger partial charge in [-0.05, 0) is 24.5 Å². The third-order valence-corrected chi connectivity index (χ3v) is 6.59. The smallest absolute Gasteiger partial charge is 0.338 e. The molecular formula is C25H24N2O3S. The molecule has 0 saturated carbocycles. The summed E-state index contributed by atoms with van der Waals surface area (Å²) in [5.74, 6) is -0.473. The van der Waals surface area contributed by atoms with E-state index in [4.69, 9.17) is 4.74 Å². The van der Waals surface area contributed by atoms with Gasteiger partial charge in [0.1, 0.15) is 6.61 Å². The van der Waals surface area contributed by atoms with E-state index >= 15 is 0 Å². The first-order chi connectivity index (χ1) is 15.1. The van der Waals surface area contributed by atoms with Crippen LogP contribution in [-0.2, 0) is 20.9 Å². The van der Waals surface area contributed by atoms with E-state index in [1.807, 2.05) is 79.7 Å².